The van der Waals surface area contributed by atoms with Crippen molar-refractivity contribution in [3.63, 3.8) is 0 Å². The van der Waals surface area contributed by atoms with Crippen LogP contribution >= 0.6 is 40.1 Å². The van der Waals surface area contributed by atoms with E-state index in [1.54, 1.807) is 13.8 Å². The molecule has 22 atom stereocenters. The molecule has 0 aliphatic carbocycles. The Morgan fingerprint density at radius 1 is 0.667 bits per heavy atom. The van der Waals surface area contributed by atoms with Crippen LogP contribution in [0.3, 0.4) is 0 Å². The number of hydrogen-bond acceptors (Lipinski definition) is 32. The van der Waals surface area contributed by atoms with Gasteiger partial charge in [-0.2, -0.15) is 0 Å². The average Bonchev–Trinajstić information content (AvgIpc) is 0.762. The summed E-state index contributed by atoms with van der Waals surface area (Å²) in [7, 11) is -0.00475. The number of primary amides is 1. The van der Waals surface area contributed by atoms with Gasteiger partial charge < -0.3 is 148 Å². The highest BCUT2D eigenvalue weighted by atomic mass is 35.5. The zero-order valence-electron chi connectivity index (χ0n) is 69.1. The third-order valence-corrected chi connectivity index (χ3v) is 23.9. The molecule has 0 radical (unpaired) electrons. The van der Waals surface area contributed by atoms with Crippen LogP contribution in [0.5, 0.6) is 46.0 Å². The molecule has 0 saturated carbocycles. The second-order valence-electron chi connectivity index (χ2n) is 33.4. The number of fused-ring (bicyclic) bond motifs is 15. The fourth-order valence-electron chi connectivity index (χ4n) is 15.7. The molecule has 8 aliphatic rings. The van der Waals surface area contributed by atoms with Gasteiger partial charge in [0.1, 0.15) is 83.4 Å². The molecule has 41 nitrogen and oxygen atoms in total. The van der Waals surface area contributed by atoms with Gasteiger partial charge >= 0.3 is 11.9 Å². The third-order valence-electron chi connectivity index (χ3n) is 22.1. The lowest BCUT2D eigenvalue weighted by atomic mass is 9.85. The Balaban J connectivity index is 1.20. The maximum absolute atomic E-state index is 16.6. The van der Waals surface area contributed by atoms with Crippen LogP contribution in [0, 0.1) is 11.3 Å². The summed E-state index contributed by atoms with van der Waals surface area (Å²) in [5.41, 5.74) is 10.3. The van der Waals surface area contributed by atoms with Gasteiger partial charge in [0, 0.05) is 53.1 Å². The Bertz CT molecular complexity index is 5030. The van der Waals surface area contributed by atoms with Crippen molar-refractivity contribution in [1.82, 2.24) is 42.5 Å². The van der Waals surface area contributed by atoms with Gasteiger partial charge in [-0.1, -0.05) is 69.1 Å². The first-order valence-electron chi connectivity index (χ1n) is 39.7. The number of esters is 1. The van der Waals surface area contributed by atoms with Crippen LogP contribution in [-0.4, -0.2) is 227 Å². The van der Waals surface area contributed by atoms with Crippen LogP contribution < -0.4 is 73.9 Å². The minimum Gasteiger partial charge on any atom is -0.508 e. The van der Waals surface area contributed by atoms with Gasteiger partial charge in [0.25, 0.3) is 0 Å². The molecule has 45 heteroatoms. The number of phenolic OH excluding ortho intramolecular Hbond substituents is 3. The smallest absolute Gasteiger partial charge is 0.330 e. The third kappa shape index (κ3) is 22.0. The molecule has 3 fully saturated rings. The summed E-state index contributed by atoms with van der Waals surface area (Å²) in [5.74, 6) is -19.2. The summed E-state index contributed by atoms with van der Waals surface area (Å²) in [4.78, 5) is 151. The number of phenols is 3. The van der Waals surface area contributed by atoms with E-state index >= 15 is 24.0 Å². The molecule has 5 aromatic carbocycles. The van der Waals surface area contributed by atoms with E-state index in [9.17, 15) is 79.1 Å². The maximum Gasteiger partial charge on any atom is 0.330 e. The number of carboxylic acid groups (broad SMARTS) is 1. The van der Waals surface area contributed by atoms with E-state index in [1.165, 1.54) is 60.7 Å². The van der Waals surface area contributed by atoms with Crippen molar-refractivity contribution in [3.8, 4) is 57.1 Å². The van der Waals surface area contributed by atoms with Crippen molar-refractivity contribution in [2.24, 2.45) is 28.5 Å². The number of aliphatic carboxylic acids is 1. The quantitative estimate of drug-likeness (QED) is 0.0330. The molecule has 8 aliphatic heterocycles. The molecular formula is C81H99Cl2N11O30P2. The highest BCUT2D eigenvalue weighted by Gasteiger charge is 2.53. The van der Waals surface area contributed by atoms with Gasteiger partial charge in [0.2, 0.25) is 59.3 Å². The first kappa shape index (κ1) is 96.5. The Morgan fingerprint density at radius 2 is 1.23 bits per heavy atom. The van der Waals surface area contributed by atoms with Crippen LogP contribution in [0.2, 0.25) is 10.0 Å². The fourth-order valence-corrected chi connectivity index (χ4v) is 16.7. The van der Waals surface area contributed by atoms with E-state index in [1.807, 2.05) is 0 Å². The summed E-state index contributed by atoms with van der Waals surface area (Å²) in [6.07, 6.45) is -25.0. The molecule has 8 amide bonds. The average molecular weight is 1840 g/mol. The van der Waals surface area contributed by atoms with E-state index in [0.717, 1.165) is 66.7 Å². The van der Waals surface area contributed by atoms with Crippen LogP contribution in [0.1, 0.15) is 152 Å². The van der Waals surface area contributed by atoms with Crippen LogP contribution in [0.15, 0.2) is 78.9 Å². The number of likely N-dealkylation sites (N-methyl/N-ethyl adjacent to an activating group) is 1. The molecule has 13 rings (SSSR count). The Labute approximate surface area is 732 Å². The fraction of sp³-hybridized carbons (Fsp3) is 0.506. The van der Waals surface area contributed by atoms with Crippen molar-refractivity contribution >= 4 is 99.3 Å². The number of halogens is 2. The predicted octanol–water partition coefficient (Wildman–Crippen LogP) is 2.68. The van der Waals surface area contributed by atoms with Crippen LogP contribution in [0.4, 0.5) is 0 Å². The minimum atomic E-state index is -2.48. The highest BCUT2D eigenvalue weighted by molar-refractivity contribution is 7.44. The largest absolute Gasteiger partial charge is 0.508 e. The molecule has 0 aromatic heterocycles. The number of benzene rings is 5. The van der Waals surface area contributed by atoms with Gasteiger partial charge in [0.15, 0.2) is 64.8 Å². The van der Waals surface area contributed by atoms with E-state index < -0.39 is 330 Å². The van der Waals surface area contributed by atoms with E-state index in [2.05, 4.69) is 42.5 Å². The lowest BCUT2D eigenvalue weighted by molar-refractivity contribution is -0.333. The van der Waals surface area contributed by atoms with Crippen molar-refractivity contribution in [2.45, 2.75) is 233 Å². The monoisotopic (exact) mass is 1840 g/mol. The predicted molar refractivity (Wildman–Crippen MR) is 440 cm³/mol. The van der Waals surface area contributed by atoms with Gasteiger partial charge in [-0.3, -0.25) is 52.3 Å². The number of rotatable bonds is 23. The summed E-state index contributed by atoms with van der Waals surface area (Å²) < 4.78 is 81.7. The number of aliphatic hydroxyl groups excluding tert-OH is 5. The maximum atomic E-state index is 16.6. The van der Waals surface area contributed by atoms with Crippen LogP contribution in [-0.2, 0) is 85.5 Å². The van der Waals surface area contributed by atoms with E-state index in [0.29, 0.717) is 0 Å². The van der Waals surface area contributed by atoms with Crippen molar-refractivity contribution in [1.29, 1.82) is 0 Å². The SMILES string of the molecule is CN[C@H](CC(C)C)C(=O)N[C@H]1C(=O)N[C@@H](CC(N)=O)C(=O)N[C@H]2C(=O)N[C@H]3C(=O)N[C@H](C(=O)N[C@H](C(=O)O)c4cc(O)cc(O)c4-c4cc3ccc4O)[C@H](O[C@H]3C[C@](C)(N)[C@@H](O)[C@H](C)O3)c3ccc(c(Cl)c3)Oc3cc2cc(c3O[C@@H]2O[C@H](CO)[C@@H](O)[C@H](O)[C@H]2O[C@H]2C[C@](C)(N)[C@@H](O)[C@H](C)O2)Oc2ccc(cc2Cl)[C@H]1OC(=O)CC(C)(C)CC(=O)NC(P=O)P=O. The number of aromatic hydroxyl groups is 3. The number of carbonyl (C=O) groups is 10. The first-order valence-corrected chi connectivity index (χ1v) is 42.3. The molecule has 126 heavy (non-hydrogen) atoms. The molecule has 3 saturated heterocycles. The topological polar surface area (TPSA) is 644 Å². The minimum absolute atomic E-state index is 0.0912. The van der Waals surface area contributed by atoms with Crippen molar-refractivity contribution in [2.75, 3.05) is 13.7 Å². The standard InChI is InChI=1S/C81H99Cl2N11O30P2/c1-30(2)16-42(87-9)70(106)93-60-64(121-53(101)26-79(5,6)25-52(100)89-78(125-114)126-115)34-11-14-46(40(82)18-34)118-48-20-36-21-49(66(48)124-77-67(63(103)62(102)50(29-95)120-77)123-55-28-81(8,86)69(105)32(4)117-55)119-47-15-12-35(19-41(47)83)65(122-54-27-80(7,85)68(104)31(3)116-54)61-75(111)92-59(76(112)113)39-22-37(96)23-45(98)56(39)38-17-33(10-13-44(38)97)57(72(108)94-61)91-73(109)58(36)90-71(107)43(24-51(84)99)88-74(60)110/h10-15,17-23,30-32,42-43,50,54-55,57-65,67-69,77-78,87,95-98,102-105H,16,24-29,85-86H2,1-9H3,(H2,84,99)(H,88,110)(H,89,100)(H,90,107)(H,91,109)(H,92,111)(H,93,106)(H,94,108)(H,112,113)/t31-,32-,42+,43-,50+,54-,55-,57+,58+,59-,60+,61-,62+,63-,64+,65+,67+,68-,69-,77-,80-,81-/m0/s1. The van der Waals surface area contributed by atoms with Crippen LogP contribution in [0.25, 0.3) is 11.1 Å². The Kier molecular flexibility index (Phi) is 30.3. The zero-order chi connectivity index (χ0) is 92.4. The molecule has 11 bridgehead atoms. The molecule has 5 aromatic rings. The first-order chi connectivity index (χ1) is 59.2. The molecule has 0 unspecified atom stereocenters. The lowest BCUT2D eigenvalue weighted by Crippen LogP contribution is -2.64. The van der Waals surface area contributed by atoms with Crippen molar-refractivity contribution < 1.29 is 146 Å². The van der Waals surface area contributed by atoms with Gasteiger partial charge in [-0.15, -0.1) is 0 Å². The number of hydrogen-bond donors (Lipinski definition) is 20. The summed E-state index contributed by atoms with van der Waals surface area (Å²) in [6, 6.07) is -1.58. The van der Waals surface area contributed by atoms with Gasteiger partial charge in [-0.05, 0) is 129 Å². The Morgan fingerprint density at radius 3 is 1.78 bits per heavy atom. The summed E-state index contributed by atoms with van der Waals surface area (Å²) in [6.45, 7) is 11.3. The molecular weight excluding hydrogens is 1740 g/mol. The number of nitrogens with two attached hydrogens (primary N) is 3. The number of aliphatic hydroxyl groups is 5. The van der Waals surface area contributed by atoms with E-state index in [-0.39, 0.29) is 36.3 Å². The molecule has 8 heterocycles. The summed E-state index contributed by atoms with van der Waals surface area (Å²) >= 11 is 14.8. The Hall–Kier alpha value is -10.1. The number of carboxylic acids is 1. The number of carbonyl (C=O) groups excluding carboxylic acids is 9. The number of ether oxygens (including phenoxy) is 9. The number of amides is 8. The second kappa shape index (κ2) is 39.6. The highest BCUT2D eigenvalue weighted by Crippen LogP contribution is 2.51. The van der Waals surface area contributed by atoms with Crippen molar-refractivity contribution in [3.05, 3.63) is 117 Å². The number of nitrogens with one attached hydrogen (secondary N) is 8. The molecule has 23 N–H and O–H groups in total. The molecule has 0 spiro atoms. The second-order valence-corrected chi connectivity index (χ2v) is 36.1. The lowest BCUT2D eigenvalue weighted by Gasteiger charge is -2.47. The normalized spacial score (nSPS) is 30.0. The van der Waals surface area contributed by atoms with Gasteiger partial charge in [0.05, 0.1) is 60.0 Å². The van der Waals surface area contributed by atoms with E-state index in [4.69, 9.17) is 83.0 Å². The van der Waals surface area contributed by atoms with Gasteiger partial charge in [-0.25, -0.2) is 4.79 Å². The zero-order valence-corrected chi connectivity index (χ0v) is 72.4. The molecule has 682 valence electrons. The summed E-state index contributed by atoms with van der Waals surface area (Å²) in [5, 5.41) is 122.